The Morgan fingerprint density at radius 3 is 2.56 bits per heavy atom. The van der Waals surface area contributed by atoms with Crippen molar-refractivity contribution in [3.63, 3.8) is 0 Å². The number of ether oxygens (including phenoxy) is 2. The van der Waals surface area contributed by atoms with Gasteiger partial charge in [0.25, 0.3) is 5.91 Å². The summed E-state index contributed by atoms with van der Waals surface area (Å²) in [6.07, 6.45) is 4.53. The summed E-state index contributed by atoms with van der Waals surface area (Å²) in [6, 6.07) is 7.39. The number of nitrogens with zero attached hydrogens (tertiary/aromatic N) is 2. The highest BCUT2D eigenvalue weighted by Gasteiger charge is 2.35. The van der Waals surface area contributed by atoms with E-state index in [0.29, 0.717) is 23.3 Å². The van der Waals surface area contributed by atoms with E-state index >= 15 is 0 Å². The number of anilines is 1. The van der Waals surface area contributed by atoms with Crippen LogP contribution in [0.25, 0.3) is 0 Å². The van der Waals surface area contributed by atoms with Gasteiger partial charge in [0, 0.05) is 5.92 Å². The van der Waals surface area contributed by atoms with Crippen LogP contribution in [-0.4, -0.2) is 28.3 Å². The summed E-state index contributed by atoms with van der Waals surface area (Å²) < 4.78 is 17.2. The average Bonchev–Trinajstić information content (AvgIpc) is 3.10. The zero-order chi connectivity index (χ0) is 17.2. The number of hydrogen-bond acceptors (Lipinski definition) is 6. The van der Waals surface area contributed by atoms with Gasteiger partial charge in [0.2, 0.25) is 12.0 Å². The molecule has 1 aliphatic heterocycles. The number of rotatable bonds is 3. The Hall–Kier alpha value is -2.57. The highest BCUT2D eigenvalue weighted by molar-refractivity contribution is 5.93. The highest BCUT2D eigenvalue weighted by atomic mass is 16.6. The van der Waals surface area contributed by atoms with Crippen LogP contribution < -0.4 is 14.8 Å². The minimum absolute atomic E-state index is 0.111. The van der Waals surface area contributed by atoms with Gasteiger partial charge in [-0.2, -0.15) is 0 Å². The van der Waals surface area contributed by atoms with Crippen molar-refractivity contribution in [1.82, 2.24) is 10.2 Å². The number of benzene rings is 1. The summed E-state index contributed by atoms with van der Waals surface area (Å²) in [5.74, 6) is 1.73. The van der Waals surface area contributed by atoms with Crippen molar-refractivity contribution in [2.45, 2.75) is 57.2 Å². The van der Waals surface area contributed by atoms with Crippen molar-refractivity contribution in [2.75, 3.05) is 5.32 Å². The number of para-hydroxylation sites is 2. The van der Waals surface area contributed by atoms with Gasteiger partial charge in [-0.3, -0.25) is 10.1 Å². The summed E-state index contributed by atoms with van der Waals surface area (Å²) in [5, 5.41) is 10.7. The van der Waals surface area contributed by atoms with Gasteiger partial charge in [0.15, 0.2) is 11.5 Å². The summed E-state index contributed by atoms with van der Waals surface area (Å²) in [4.78, 5) is 12.5. The molecule has 4 rings (SSSR count). The molecule has 2 aliphatic rings. The Labute approximate surface area is 145 Å². The van der Waals surface area contributed by atoms with Crippen LogP contribution in [0.15, 0.2) is 28.7 Å². The van der Waals surface area contributed by atoms with Gasteiger partial charge < -0.3 is 13.9 Å². The molecule has 1 fully saturated rings. The monoisotopic (exact) mass is 343 g/mol. The Kier molecular flexibility index (Phi) is 4.29. The van der Waals surface area contributed by atoms with Gasteiger partial charge in [0.1, 0.15) is 6.10 Å². The van der Waals surface area contributed by atoms with Crippen LogP contribution in [0.5, 0.6) is 11.5 Å². The van der Waals surface area contributed by atoms with E-state index in [9.17, 15) is 4.79 Å². The molecule has 1 aromatic heterocycles. The van der Waals surface area contributed by atoms with Crippen LogP contribution in [0.4, 0.5) is 6.01 Å². The van der Waals surface area contributed by atoms with Crippen molar-refractivity contribution < 1.29 is 18.7 Å². The predicted octanol–water partition coefficient (Wildman–Crippen LogP) is 3.28. The number of amides is 1. The van der Waals surface area contributed by atoms with Crippen molar-refractivity contribution >= 4 is 11.9 Å². The number of fused-ring (bicyclic) bond motifs is 1. The van der Waals surface area contributed by atoms with E-state index in [-0.39, 0.29) is 11.9 Å². The fourth-order valence-corrected chi connectivity index (χ4v) is 3.38. The molecule has 132 valence electrons. The minimum Gasteiger partial charge on any atom is -0.482 e. The topological polar surface area (TPSA) is 86.5 Å². The molecule has 2 atom stereocenters. The normalized spacial score (nSPS) is 23.2. The number of hydrogen-bond donors (Lipinski definition) is 1. The van der Waals surface area contributed by atoms with E-state index in [4.69, 9.17) is 13.9 Å². The summed E-state index contributed by atoms with van der Waals surface area (Å²) in [7, 11) is 0. The van der Waals surface area contributed by atoms with Gasteiger partial charge in [-0.1, -0.05) is 36.5 Å². The molecule has 0 bridgehead atoms. The first kappa shape index (κ1) is 15.9. The molecule has 0 radical (unpaired) electrons. The molecule has 7 heteroatoms. The lowest BCUT2D eigenvalue weighted by Gasteiger charge is -2.30. The molecule has 25 heavy (non-hydrogen) atoms. The Bertz CT molecular complexity index is 754. The second kappa shape index (κ2) is 6.74. The number of carbonyl (C=O) groups excluding carboxylic acids is 1. The van der Waals surface area contributed by atoms with Crippen molar-refractivity contribution in [1.29, 1.82) is 0 Å². The fraction of sp³-hybridized carbons (Fsp3) is 0.500. The van der Waals surface area contributed by atoms with Crippen LogP contribution >= 0.6 is 0 Å². The first-order valence-corrected chi connectivity index (χ1v) is 8.77. The first-order chi connectivity index (χ1) is 12.2. The standard InChI is InChI=1S/C18H21N3O4/c1-11-15(24-14-10-6-5-9-13(14)23-11)16(22)19-18-21-20-17(25-18)12-7-3-2-4-8-12/h5-6,9-12,15H,2-4,7-8H2,1H3,(H,19,21,22)/t11-,15-/m0/s1. The molecule has 0 saturated heterocycles. The largest absolute Gasteiger partial charge is 0.482 e. The Morgan fingerprint density at radius 2 is 1.80 bits per heavy atom. The second-order valence-electron chi connectivity index (χ2n) is 6.58. The quantitative estimate of drug-likeness (QED) is 0.920. The molecule has 0 spiro atoms. The fourth-order valence-electron chi connectivity index (χ4n) is 3.38. The van der Waals surface area contributed by atoms with Crippen LogP contribution in [-0.2, 0) is 4.79 Å². The van der Waals surface area contributed by atoms with Crippen LogP contribution in [0.2, 0.25) is 0 Å². The van der Waals surface area contributed by atoms with Crippen LogP contribution in [0.3, 0.4) is 0 Å². The molecule has 1 aromatic carbocycles. The molecular weight excluding hydrogens is 322 g/mol. The number of nitrogens with one attached hydrogen (secondary N) is 1. The lowest BCUT2D eigenvalue weighted by molar-refractivity contribution is -0.128. The third-order valence-corrected chi connectivity index (χ3v) is 4.73. The summed E-state index contributed by atoms with van der Waals surface area (Å²) >= 11 is 0. The molecule has 2 aromatic rings. The van der Waals surface area contributed by atoms with Gasteiger partial charge in [-0.25, -0.2) is 0 Å². The van der Waals surface area contributed by atoms with E-state index < -0.39 is 12.2 Å². The predicted molar refractivity (Wildman–Crippen MR) is 89.7 cm³/mol. The molecule has 7 nitrogen and oxygen atoms in total. The molecule has 1 aliphatic carbocycles. The Morgan fingerprint density at radius 1 is 1.08 bits per heavy atom. The van der Waals surface area contributed by atoms with E-state index in [1.165, 1.54) is 19.3 Å². The summed E-state index contributed by atoms with van der Waals surface area (Å²) in [6.45, 7) is 1.79. The van der Waals surface area contributed by atoms with Gasteiger partial charge in [0.05, 0.1) is 0 Å². The smallest absolute Gasteiger partial charge is 0.322 e. The van der Waals surface area contributed by atoms with Gasteiger partial charge in [-0.15, -0.1) is 5.10 Å². The third kappa shape index (κ3) is 3.31. The maximum absolute atomic E-state index is 12.5. The zero-order valence-electron chi connectivity index (χ0n) is 14.1. The van der Waals surface area contributed by atoms with Crippen molar-refractivity contribution in [3.8, 4) is 11.5 Å². The summed E-state index contributed by atoms with van der Waals surface area (Å²) in [5.41, 5.74) is 0. The lowest BCUT2D eigenvalue weighted by Crippen LogP contribution is -2.46. The van der Waals surface area contributed by atoms with Gasteiger partial charge >= 0.3 is 6.01 Å². The van der Waals surface area contributed by atoms with Crippen molar-refractivity contribution in [3.05, 3.63) is 30.2 Å². The average molecular weight is 343 g/mol. The lowest BCUT2D eigenvalue weighted by atomic mass is 9.89. The molecule has 2 heterocycles. The van der Waals surface area contributed by atoms with E-state index in [2.05, 4.69) is 15.5 Å². The molecule has 1 saturated carbocycles. The van der Waals surface area contributed by atoms with Crippen LogP contribution in [0.1, 0.15) is 50.8 Å². The molecule has 0 unspecified atom stereocenters. The van der Waals surface area contributed by atoms with Gasteiger partial charge in [-0.05, 0) is 31.9 Å². The van der Waals surface area contributed by atoms with Crippen LogP contribution in [0, 0.1) is 0 Å². The minimum atomic E-state index is -0.778. The SMILES string of the molecule is C[C@@H]1Oc2ccccc2O[C@@H]1C(=O)Nc1nnc(C2CCCCC2)o1. The maximum atomic E-state index is 12.5. The maximum Gasteiger partial charge on any atom is 0.322 e. The Balaban J connectivity index is 1.43. The molecular formula is C18H21N3O4. The first-order valence-electron chi connectivity index (χ1n) is 8.77. The highest BCUT2D eigenvalue weighted by Crippen LogP contribution is 2.34. The second-order valence-corrected chi connectivity index (χ2v) is 6.58. The van der Waals surface area contributed by atoms with E-state index in [1.54, 1.807) is 13.0 Å². The van der Waals surface area contributed by atoms with Crippen molar-refractivity contribution in [2.24, 2.45) is 0 Å². The van der Waals surface area contributed by atoms with E-state index in [1.807, 2.05) is 18.2 Å². The molecule has 1 amide bonds. The zero-order valence-corrected chi connectivity index (χ0v) is 14.1. The van der Waals surface area contributed by atoms with E-state index in [0.717, 1.165) is 12.8 Å². The number of aromatic nitrogens is 2. The molecule has 1 N–H and O–H groups in total. The third-order valence-electron chi connectivity index (χ3n) is 4.73. The number of carbonyl (C=O) groups is 1.